The molecule has 0 bridgehead atoms. The summed E-state index contributed by atoms with van der Waals surface area (Å²) in [6, 6.07) is 3.58. The highest BCUT2D eigenvalue weighted by Gasteiger charge is 2.21. The summed E-state index contributed by atoms with van der Waals surface area (Å²) in [4.78, 5) is 11.2. The van der Waals surface area contributed by atoms with Crippen LogP contribution in [0.3, 0.4) is 0 Å². The molecule has 1 amide bonds. The predicted molar refractivity (Wildman–Crippen MR) is 67.4 cm³/mol. The lowest BCUT2D eigenvalue weighted by atomic mass is 10.2. The fourth-order valence-corrected chi connectivity index (χ4v) is 2.86. The second kappa shape index (κ2) is 5.16. The van der Waals surface area contributed by atoms with E-state index in [1.165, 1.54) is 18.2 Å². The minimum Gasteiger partial charge on any atom is -0.482 e. The van der Waals surface area contributed by atoms with E-state index in [1.807, 2.05) is 0 Å². The Morgan fingerprint density at radius 1 is 1.53 bits per heavy atom. The summed E-state index contributed by atoms with van der Waals surface area (Å²) in [6.07, 6.45) is 0. The number of nitrogens with one attached hydrogen (secondary N) is 2. The summed E-state index contributed by atoms with van der Waals surface area (Å²) in [7, 11) is -3.74. The molecule has 0 fully saturated rings. The lowest BCUT2D eigenvalue weighted by Crippen LogP contribution is -2.35. The van der Waals surface area contributed by atoms with Crippen LogP contribution in [0.15, 0.2) is 23.1 Å². The average Bonchev–Trinajstić information content (AvgIpc) is 2.37. The quantitative estimate of drug-likeness (QED) is 0.703. The molecular formula is C11H14N2O5S. The van der Waals surface area contributed by atoms with Crippen molar-refractivity contribution in [3.8, 4) is 5.75 Å². The van der Waals surface area contributed by atoms with E-state index in [-0.39, 0.29) is 24.0 Å². The number of hydrogen-bond donors (Lipinski definition) is 3. The summed E-state index contributed by atoms with van der Waals surface area (Å²) in [5.74, 6) is 0.0903. The van der Waals surface area contributed by atoms with Gasteiger partial charge in [0.25, 0.3) is 5.91 Å². The smallest absolute Gasteiger partial charge is 0.262 e. The zero-order valence-corrected chi connectivity index (χ0v) is 11.0. The SMILES string of the molecule is C[C@H](CO)NS(=O)(=O)c1ccc2c(c1)NC(=O)CO2. The molecule has 8 heteroatoms. The van der Waals surface area contributed by atoms with Crippen LogP contribution in [0.4, 0.5) is 5.69 Å². The van der Waals surface area contributed by atoms with Gasteiger partial charge >= 0.3 is 0 Å². The minimum absolute atomic E-state index is 0.00245. The fourth-order valence-electron chi connectivity index (χ4n) is 1.60. The van der Waals surface area contributed by atoms with Crippen molar-refractivity contribution in [2.24, 2.45) is 0 Å². The van der Waals surface area contributed by atoms with Crippen LogP contribution in [0.2, 0.25) is 0 Å². The van der Waals surface area contributed by atoms with Crippen LogP contribution in [0.25, 0.3) is 0 Å². The van der Waals surface area contributed by atoms with E-state index in [0.717, 1.165) is 0 Å². The number of rotatable bonds is 4. The lowest BCUT2D eigenvalue weighted by molar-refractivity contribution is -0.118. The first-order chi connectivity index (χ1) is 8.92. The summed E-state index contributed by atoms with van der Waals surface area (Å²) < 4.78 is 31.4. The molecule has 0 unspecified atom stereocenters. The number of aliphatic hydroxyl groups excluding tert-OH is 1. The predicted octanol–water partition coefficient (Wildman–Crippen LogP) is -0.323. The minimum atomic E-state index is -3.74. The van der Waals surface area contributed by atoms with Crippen LogP contribution >= 0.6 is 0 Å². The number of aliphatic hydroxyl groups is 1. The van der Waals surface area contributed by atoms with E-state index in [1.54, 1.807) is 6.92 Å². The topological polar surface area (TPSA) is 105 Å². The molecule has 0 spiro atoms. The van der Waals surface area contributed by atoms with Crippen LogP contribution < -0.4 is 14.8 Å². The van der Waals surface area contributed by atoms with Crippen molar-refractivity contribution in [2.45, 2.75) is 17.9 Å². The van der Waals surface area contributed by atoms with Gasteiger partial charge in [0, 0.05) is 6.04 Å². The van der Waals surface area contributed by atoms with Gasteiger partial charge in [-0.25, -0.2) is 13.1 Å². The lowest BCUT2D eigenvalue weighted by Gasteiger charge is -2.19. The van der Waals surface area contributed by atoms with Crippen LogP contribution in [0, 0.1) is 0 Å². The molecule has 1 atom stereocenters. The van der Waals surface area contributed by atoms with Gasteiger partial charge in [0.15, 0.2) is 6.61 Å². The Morgan fingerprint density at radius 2 is 2.26 bits per heavy atom. The third-order valence-electron chi connectivity index (χ3n) is 2.52. The second-order valence-electron chi connectivity index (χ2n) is 4.20. The molecule has 0 saturated carbocycles. The number of fused-ring (bicyclic) bond motifs is 1. The third-order valence-corrected chi connectivity index (χ3v) is 4.11. The van der Waals surface area contributed by atoms with Crippen LogP contribution in [-0.2, 0) is 14.8 Å². The van der Waals surface area contributed by atoms with Gasteiger partial charge in [-0.05, 0) is 25.1 Å². The van der Waals surface area contributed by atoms with Crippen molar-refractivity contribution in [3.05, 3.63) is 18.2 Å². The molecule has 0 aromatic heterocycles. The normalized spacial score (nSPS) is 16.2. The summed E-state index contributed by atoms with van der Waals surface area (Å²) in [5, 5.41) is 11.4. The monoisotopic (exact) mass is 286 g/mol. The molecule has 1 aromatic carbocycles. The number of carbonyl (C=O) groups excluding carboxylic acids is 1. The summed E-state index contributed by atoms with van der Waals surface area (Å²) >= 11 is 0. The molecule has 0 saturated heterocycles. The Balaban J connectivity index is 2.31. The maximum Gasteiger partial charge on any atom is 0.262 e. The highest BCUT2D eigenvalue weighted by molar-refractivity contribution is 7.89. The van der Waals surface area contributed by atoms with Gasteiger partial charge in [-0.3, -0.25) is 4.79 Å². The highest BCUT2D eigenvalue weighted by atomic mass is 32.2. The van der Waals surface area contributed by atoms with Crippen LogP contribution in [0.1, 0.15) is 6.92 Å². The molecular weight excluding hydrogens is 272 g/mol. The Bertz CT molecular complexity index is 599. The first-order valence-corrected chi connectivity index (χ1v) is 7.10. The van der Waals surface area contributed by atoms with Gasteiger partial charge in [0.2, 0.25) is 10.0 Å². The zero-order valence-electron chi connectivity index (χ0n) is 10.2. The summed E-state index contributed by atoms with van der Waals surface area (Å²) in [6.45, 7) is 1.16. The Hall–Kier alpha value is -1.64. The van der Waals surface area contributed by atoms with E-state index < -0.39 is 16.1 Å². The molecule has 19 heavy (non-hydrogen) atoms. The first-order valence-electron chi connectivity index (χ1n) is 5.62. The molecule has 7 nitrogen and oxygen atoms in total. The molecule has 104 valence electrons. The van der Waals surface area contributed by atoms with E-state index in [2.05, 4.69) is 10.0 Å². The van der Waals surface area contributed by atoms with Crippen molar-refractivity contribution in [1.82, 2.24) is 4.72 Å². The van der Waals surface area contributed by atoms with Crippen LogP contribution in [0.5, 0.6) is 5.75 Å². The highest BCUT2D eigenvalue weighted by Crippen LogP contribution is 2.29. The van der Waals surface area contributed by atoms with Gasteiger partial charge in [0.05, 0.1) is 17.2 Å². The average molecular weight is 286 g/mol. The number of carbonyl (C=O) groups is 1. The molecule has 1 aliphatic heterocycles. The first kappa shape index (κ1) is 13.8. The van der Waals surface area contributed by atoms with Crippen molar-refractivity contribution in [2.75, 3.05) is 18.5 Å². The van der Waals surface area contributed by atoms with Gasteiger partial charge in [-0.15, -0.1) is 0 Å². The van der Waals surface area contributed by atoms with E-state index in [4.69, 9.17) is 9.84 Å². The second-order valence-corrected chi connectivity index (χ2v) is 5.91. The number of benzene rings is 1. The largest absolute Gasteiger partial charge is 0.482 e. The summed E-state index contributed by atoms with van der Waals surface area (Å²) in [5.41, 5.74) is 0.316. The van der Waals surface area contributed by atoms with Gasteiger partial charge in [-0.1, -0.05) is 0 Å². The number of sulfonamides is 1. The number of ether oxygens (including phenoxy) is 1. The van der Waals surface area contributed by atoms with Gasteiger partial charge in [0.1, 0.15) is 5.75 Å². The Morgan fingerprint density at radius 3 is 2.95 bits per heavy atom. The Kier molecular flexibility index (Phi) is 3.74. The van der Waals surface area contributed by atoms with Crippen LogP contribution in [-0.4, -0.2) is 38.7 Å². The van der Waals surface area contributed by atoms with Gasteiger partial charge < -0.3 is 15.2 Å². The van der Waals surface area contributed by atoms with E-state index in [0.29, 0.717) is 11.4 Å². The third kappa shape index (κ3) is 3.03. The molecule has 2 rings (SSSR count). The molecule has 1 heterocycles. The van der Waals surface area contributed by atoms with E-state index in [9.17, 15) is 13.2 Å². The molecule has 0 radical (unpaired) electrons. The Labute approximate surface area is 110 Å². The molecule has 1 aliphatic rings. The van der Waals surface area contributed by atoms with Crippen molar-refractivity contribution >= 4 is 21.6 Å². The number of amides is 1. The zero-order chi connectivity index (χ0) is 14.0. The van der Waals surface area contributed by atoms with E-state index >= 15 is 0 Å². The molecule has 1 aromatic rings. The maximum absolute atomic E-state index is 12.0. The van der Waals surface area contributed by atoms with Crippen molar-refractivity contribution in [3.63, 3.8) is 0 Å². The standard InChI is InChI=1S/C11H14N2O5S/c1-7(5-14)13-19(16,17)8-2-3-10-9(4-8)12-11(15)6-18-10/h2-4,7,13-14H,5-6H2,1H3,(H,12,15)/t7-/m1/s1. The maximum atomic E-state index is 12.0. The number of hydrogen-bond acceptors (Lipinski definition) is 5. The fraction of sp³-hybridized carbons (Fsp3) is 0.364. The molecule has 3 N–H and O–H groups in total. The molecule has 0 aliphatic carbocycles. The number of anilines is 1. The van der Waals surface area contributed by atoms with Crippen molar-refractivity contribution < 1.29 is 23.1 Å². The van der Waals surface area contributed by atoms with Crippen molar-refractivity contribution in [1.29, 1.82) is 0 Å². The van der Waals surface area contributed by atoms with Gasteiger partial charge in [-0.2, -0.15) is 0 Å².